The Morgan fingerprint density at radius 3 is 2.76 bits per heavy atom. The van der Waals surface area contributed by atoms with E-state index in [1.807, 2.05) is 38.1 Å². The molecule has 1 saturated carbocycles. The highest BCUT2D eigenvalue weighted by atomic mass is 16.2. The molecule has 3 N–H and O–H groups in total. The van der Waals surface area contributed by atoms with Crippen molar-refractivity contribution in [2.45, 2.75) is 38.6 Å². The lowest BCUT2D eigenvalue weighted by Crippen LogP contribution is -2.51. The fraction of sp³-hybridized carbons (Fsp3) is 0.333. The number of amides is 1. The minimum Gasteiger partial charge on any atom is -0.341 e. The Bertz CT molecular complexity index is 908. The average Bonchev–Trinajstić information content (AvgIpc) is 3.20. The normalized spacial score (nSPS) is 15.6. The highest BCUT2D eigenvalue weighted by Crippen LogP contribution is 2.39. The molecule has 1 aliphatic rings. The maximum atomic E-state index is 12.8. The predicted molar refractivity (Wildman–Crippen MR) is 92.9 cm³/mol. The van der Waals surface area contributed by atoms with Crippen LogP contribution < -0.4 is 5.32 Å². The van der Waals surface area contributed by atoms with Gasteiger partial charge >= 0.3 is 0 Å². The van der Waals surface area contributed by atoms with Gasteiger partial charge in [-0.05, 0) is 39.2 Å². The van der Waals surface area contributed by atoms with Crippen molar-refractivity contribution < 1.29 is 4.79 Å². The molecule has 0 radical (unpaired) electrons. The first-order valence-electron chi connectivity index (χ1n) is 8.39. The molecule has 128 valence electrons. The lowest BCUT2D eigenvalue weighted by molar-refractivity contribution is 0.0804. The van der Waals surface area contributed by atoms with Crippen LogP contribution in [0.15, 0.2) is 30.6 Å². The first kappa shape index (κ1) is 15.6. The Balaban J connectivity index is 1.61. The van der Waals surface area contributed by atoms with Crippen LogP contribution in [0.3, 0.4) is 0 Å². The van der Waals surface area contributed by atoms with Gasteiger partial charge in [-0.2, -0.15) is 5.10 Å². The second-order valence-electron chi connectivity index (χ2n) is 6.65. The highest BCUT2D eigenvalue weighted by Gasteiger charge is 2.43. The molecule has 1 aromatic carbocycles. The maximum Gasteiger partial charge on any atom is 0.272 e. The Morgan fingerprint density at radius 2 is 2.12 bits per heavy atom. The van der Waals surface area contributed by atoms with Gasteiger partial charge in [0.15, 0.2) is 0 Å². The molecule has 2 aromatic heterocycles. The predicted octanol–water partition coefficient (Wildman–Crippen LogP) is 2.62. The maximum absolute atomic E-state index is 12.8. The van der Waals surface area contributed by atoms with Crippen molar-refractivity contribution >= 4 is 5.91 Å². The van der Waals surface area contributed by atoms with Gasteiger partial charge in [0.2, 0.25) is 0 Å². The topological polar surface area (TPSA) is 99.3 Å². The van der Waals surface area contributed by atoms with Crippen molar-refractivity contribution in [3.05, 3.63) is 53.4 Å². The molecule has 0 spiro atoms. The van der Waals surface area contributed by atoms with Crippen LogP contribution in [0.4, 0.5) is 0 Å². The minimum absolute atomic E-state index is 0.191. The molecule has 1 aliphatic carbocycles. The molecule has 0 aliphatic heterocycles. The van der Waals surface area contributed by atoms with Crippen LogP contribution in [-0.2, 0) is 5.54 Å². The second kappa shape index (κ2) is 5.84. The van der Waals surface area contributed by atoms with Crippen LogP contribution in [0.1, 0.15) is 46.8 Å². The number of nitrogens with one attached hydrogen (secondary N) is 3. The van der Waals surface area contributed by atoms with Crippen LogP contribution in [0, 0.1) is 13.8 Å². The van der Waals surface area contributed by atoms with Gasteiger partial charge in [0, 0.05) is 11.3 Å². The van der Waals surface area contributed by atoms with Crippen molar-refractivity contribution in [2.24, 2.45) is 0 Å². The van der Waals surface area contributed by atoms with Gasteiger partial charge < -0.3 is 10.3 Å². The van der Waals surface area contributed by atoms with Crippen molar-refractivity contribution in [1.29, 1.82) is 0 Å². The number of hydrogen-bond acceptors (Lipinski definition) is 4. The smallest absolute Gasteiger partial charge is 0.272 e. The molecular weight excluding hydrogens is 316 g/mol. The van der Waals surface area contributed by atoms with Gasteiger partial charge in [-0.25, -0.2) is 9.97 Å². The number of aromatic amines is 2. The Labute approximate surface area is 145 Å². The van der Waals surface area contributed by atoms with Crippen LogP contribution in [-0.4, -0.2) is 31.1 Å². The van der Waals surface area contributed by atoms with Crippen LogP contribution in [0.2, 0.25) is 0 Å². The molecule has 7 nitrogen and oxygen atoms in total. The molecular formula is C18H20N6O. The number of imidazole rings is 1. The van der Waals surface area contributed by atoms with Crippen LogP contribution in [0.25, 0.3) is 11.4 Å². The largest absolute Gasteiger partial charge is 0.341 e. The fourth-order valence-corrected chi connectivity index (χ4v) is 3.27. The molecule has 1 amide bonds. The number of aryl methyl sites for hydroxylation is 2. The molecule has 0 saturated heterocycles. The summed E-state index contributed by atoms with van der Waals surface area (Å²) in [6, 6.07) is 8.04. The second-order valence-corrected chi connectivity index (χ2v) is 6.65. The van der Waals surface area contributed by atoms with Crippen LogP contribution >= 0.6 is 0 Å². The van der Waals surface area contributed by atoms with E-state index in [2.05, 4.69) is 30.5 Å². The molecule has 25 heavy (non-hydrogen) atoms. The standard InChI is InChI=1S/C18H20N6O/c1-11-5-3-6-13(9-11)15-21-12(2)14(22-15)16(25)23-18(7-4-8-18)17-19-10-20-24-17/h3,5-6,9-10H,4,7-8H2,1-2H3,(H,21,22)(H,23,25)(H,19,20,24). The zero-order valence-corrected chi connectivity index (χ0v) is 14.3. The van der Waals surface area contributed by atoms with E-state index in [0.717, 1.165) is 36.1 Å². The number of hydrogen-bond donors (Lipinski definition) is 3. The number of aromatic nitrogens is 5. The summed E-state index contributed by atoms with van der Waals surface area (Å²) in [5.41, 5.74) is 2.83. The number of nitrogens with zero attached hydrogens (tertiary/aromatic N) is 3. The lowest BCUT2D eigenvalue weighted by Gasteiger charge is -2.40. The molecule has 7 heteroatoms. The SMILES string of the molecule is Cc1cccc(-c2nc(C(=O)NC3(c4ncn[nH]4)CCC3)c(C)[nH]2)c1. The average molecular weight is 336 g/mol. The first-order valence-corrected chi connectivity index (χ1v) is 8.39. The summed E-state index contributed by atoms with van der Waals surface area (Å²) in [5.74, 6) is 1.22. The van der Waals surface area contributed by atoms with Gasteiger partial charge in [0.05, 0.1) is 5.54 Å². The highest BCUT2D eigenvalue weighted by molar-refractivity contribution is 5.94. The molecule has 1 fully saturated rings. The van der Waals surface area contributed by atoms with E-state index < -0.39 is 5.54 Å². The minimum atomic E-state index is -0.456. The Morgan fingerprint density at radius 1 is 1.28 bits per heavy atom. The Kier molecular flexibility index (Phi) is 3.63. The third kappa shape index (κ3) is 2.71. The zero-order valence-electron chi connectivity index (χ0n) is 14.3. The molecule has 3 aromatic rings. The summed E-state index contributed by atoms with van der Waals surface area (Å²) >= 11 is 0. The third-order valence-electron chi connectivity index (χ3n) is 4.82. The monoisotopic (exact) mass is 336 g/mol. The number of H-pyrrole nitrogens is 2. The van der Waals surface area contributed by atoms with E-state index in [-0.39, 0.29) is 5.91 Å². The number of carbonyl (C=O) groups excluding carboxylic acids is 1. The summed E-state index contributed by atoms with van der Waals surface area (Å²) in [5, 5.41) is 9.91. The van der Waals surface area contributed by atoms with Crippen molar-refractivity contribution in [2.75, 3.05) is 0 Å². The van der Waals surface area contributed by atoms with Crippen molar-refractivity contribution in [3.63, 3.8) is 0 Å². The molecule has 0 unspecified atom stereocenters. The molecule has 0 bridgehead atoms. The summed E-state index contributed by atoms with van der Waals surface area (Å²) in [6.45, 7) is 3.90. The summed E-state index contributed by atoms with van der Waals surface area (Å²) in [6.07, 6.45) is 4.22. The van der Waals surface area contributed by atoms with E-state index >= 15 is 0 Å². The van der Waals surface area contributed by atoms with E-state index in [4.69, 9.17) is 0 Å². The van der Waals surface area contributed by atoms with E-state index in [1.54, 1.807) is 0 Å². The van der Waals surface area contributed by atoms with E-state index in [1.165, 1.54) is 6.33 Å². The van der Waals surface area contributed by atoms with Gasteiger partial charge in [0.25, 0.3) is 5.91 Å². The fourth-order valence-electron chi connectivity index (χ4n) is 3.27. The van der Waals surface area contributed by atoms with E-state index in [0.29, 0.717) is 17.3 Å². The number of carbonyl (C=O) groups is 1. The third-order valence-corrected chi connectivity index (χ3v) is 4.82. The lowest BCUT2D eigenvalue weighted by atomic mass is 9.76. The molecule has 0 atom stereocenters. The Hall–Kier alpha value is -2.96. The van der Waals surface area contributed by atoms with Gasteiger partial charge in [-0.3, -0.25) is 9.89 Å². The summed E-state index contributed by atoms with van der Waals surface area (Å²) in [4.78, 5) is 24.8. The van der Waals surface area contributed by atoms with Gasteiger partial charge in [-0.15, -0.1) is 0 Å². The summed E-state index contributed by atoms with van der Waals surface area (Å²) in [7, 11) is 0. The van der Waals surface area contributed by atoms with Crippen molar-refractivity contribution in [3.8, 4) is 11.4 Å². The molecule has 2 heterocycles. The van der Waals surface area contributed by atoms with Gasteiger partial charge in [-0.1, -0.05) is 23.8 Å². The zero-order chi connectivity index (χ0) is 17.4. The molecule has 4 rings (SSSR count). The van der Waals surface area contributed by atoms with Crippen molar-refractivity contribution in [1.82, 2.24) is 30.5 Å². The number of rotatable bonds is 4. The number of benzene rings is 1. The van der Waals surface area contributed by atoms with E-state index in [9.17, 15) is 4.79 Å². The van der Waals surface area contributed by atoms with Gasteiger partial charge in [0.1, 0.15) is 23.7 Å². The van der Waals surface area contributed by atoms with Crippen LogP contribution in [0.5, 0.6) is 0 Å². The summed E-state index contributed by atoms with van der Waals surface area (Å²) < 4.78 is 0. The quantitative estimate of drug-likeness (QED) is 0.682. The first-order chi connectivity index (χ1) is 12.1.